The van der Waals surface area contributed by atoms with Crippen LogP contribution in [0.5, 0.6) is 5.75 Å². The number of carbonyl (C=O) groups is 1. The molecule has 0 saturated carbocycles. The second-order valence-electron chi connectivity index (χ2n) is 9.86. The van der Waals surface area contributed by atoms with Crippen LogP contribution in [-0.4, -0.2) is 80.5 Å². The number of rotatable bonds is 15. The Hall–Kier alpha value is -3.00. The molecule has 0 aliphatic carbocycles. The van der Waals surface area contributed by atoms with E-state index < -0.39 is 31.3 Å². The molecular weight excluding hydrogens is 524 g/mol. The lowest BCUT2D eigenvalue weighted by atomic mass is 10.2. The van der Waals surface area contributed by atoms with E-state index in [0.29, 0.717) is 39.5 Å². The summed E-state index contributed by atoms with van der Waals surface area (Å²) in [7, 11) is -0.597. The molecule has 0 aliphatic rings. The number of hydrogen-bond donors (Lipinski definition) is 4. The van der Waals surface area contributed by atoms with Gasteiger partial charge < -0.3 is 39.7 Å². The third-order valence-electron chi connectivity index (χ3n) is 5.78. The standard InChI is InChI=1S/C18H30N2O6Si.C8H16N2O2/c1-18(2,3)27(5,6)26-11-8-7-10-25-12-9-13-19-14(17(23)24-4)15(21)16(22)20-13;1-2-3-4-6-12-7-5-8(9)10-11/h7-8,21H,9-12H2,1-6H3,(H,19,20,22);3-4,11H,2,5-7H2,1H3,(H2,9,10)/b8-7-;4-3-. The van der Waals surface area contributed by atoms with Crippen LogP contribution in [0.1, 0.15) is 56.8 Å². The molecule has 5 N–H and O–H groups in total. The van der Waals surface area contributed by atoms with Gasteiger partial charge in [0.05, 0.1) is 40.1 Å². The quantitative estimate of drug-likeness (QED) is 0.0356. The highest BCUT2D eigenvalue weighted by Gasteiger charge is 2.36. The smallest absolute Gasteiger partial charge is 0.360 e. The molecule has 0 unspecified atom stereocenters. The van der Waals surface area contributed by atoms with Crippen molar-refractivity contribution in [2.75, 3.05) is 40.1 Å². The van der Waals surface area contributed by atoms with Crippen molar-refractivity contribution in [1.29, 1.82) is 0 Å². The molecule has 1 rings (SSSR count). The SMILES string of the molecule is CC/C=C\COCC/C(N)=N\O.COC(=O)c1nc(CCOC/C=C\CO[Si](C)(C)C(C)(C)C)[nH]c(=O)c1O. The van der Waals surface area contributed by atoms with Crippen molar-refractivity contribution in [2.24, 2.45) is 10.9 Å². The average molecular weight is 571 g/mol. The molecule has 0 spiro atoms. The fourth-order valence-corrected chi connectivity index (χ4v) is 3.36. The zero-order chi connectivity index (χ0) is 29.9. The number of amidine groups is 1. The first kappa shape index (κ1) is 36.0. The Morgan fingerprint density at radius 3 is 2.26 bits per heavy atom. The monoisotopic (exact) mass is 570 g/mol. The fraction of sp³-hybridized carbons (Fsp3) is 0.615. The van der Waals surface area contributed by atoms with Gasteiger partial charge in [-0.25, -0.2) is 9.78 Å². The molecular formula is C26H46N4O8Si. The number of oxime groups is 1. The van der Waals surface area contributed by atoms with Gasteiger partial charge >= 0.3 is 5.97 Å². The van der Waals surface area contributed by atoms with E-state index >= 15 is 0 Å². The van der Waals surface area contributed by atoms with Crippen LogP contribution in [0.4, 0.5) is 0 Å². The van der Waals surface area contributed by atoms with Gasteiger partial charge in [-0.3, -0.25) is 4.79 Å². The number of aromatic nitrogens is 2. The lowest BCUT2D eigenvalue weighted by Gasteiger charge is -2.35. The molecule has 39 heavy (non-hydrogen) atoms. The lowest BCUT2D eigenvalue weighted by Crippen LogP contribution is -2.40. The molecule has 1 aromatic heterocycles. The normalized spacial score (nSPS) is 12.5. The van der Waals surface area contributed by atoms with E-state index in [1.165, 1.54) is 0 Å². The molecule has 0 saturated heterocycles. The van der Waals surface area contributed by atoms with Gasteiger partial charge in [0, 0.05) is 12.8 Å². The van der Waals surface area contributed by atoms with E-state index in [1.807, 2.05) is 24.3 Å². The molecule has 1 heterocycles. The number of nitrogens with zero attached hydrogens (tertiary/aromatic N) is 2. The van der Waals surface area contributed by atoms with E-state index in [1.54, 1.807) is 0 Å². The number of methoxy groups -OCH3 is 1. The summed E-state index contributed by atoms with van der Waals surface area (Å²) >= 11 is 0. The first-order valence-corrected chi connectivity index (χ1v) is 15.7. The minimum atomic E-state index is -1.74. The number of hydrogen-bond acceptors (Lipinski definition) is 10. The van der Waals surface area contributed by atoms with Gasteiger partial charge in [0.25, 0.3) is 5.56 Å². The van der Waals surface area contributed by atoms with Crippen molar-refractivity contribution in [3.8, 4) is 5.75 Å². The van der Waals surface area contributed by atoms with E-state index in [9.17, 15) is 14.7 Å². The molecule has 0 amide bonds. The molecule has 0 radical (unpaired) electrons. The van der Waals surface area contributed by atoms with Crippen LogP contribution in [0.3, 0.4) is 0 Å². The predicted octanol–water partition coefficient (Wildman–Crippen LogP) is 3.50. The lowest BCUT2D eigenvalue weighted by molar-refractivity contribution is 0.0589. The highest BCUT2D eigenvalue weighted by atomic mass is 28.4. The van der Waals surface area contributed by atoms with Crippen LogP contribution in [0, 0.1) is 0 Å². The maximum absolute atomic E-state index is 11.6. The summed E-state index contributed by atoms with van der Waals surface area (Å²) in [4.78, 5) is 29.4. The molecule has 0 fully saturated rings. The topological polar surface area (TPSA) is 179 Å². The Morgan fingerprint density at radius 2 is 1.69 bits per heavy atom. The zero-order valence-electron chi connectivity index (χ0n) is 24.3. The first-order chi connectivity index (χ1) is 18.3. The Bertz CT molecular complexity index is 1000. The van der Waals surface area contributed by atoms with Crippen LogP contribution in [0.15, 0.2) is 34.3 Å². The van der Waals surface area contributed by atoms with E-state index in [4.69, 9.17) is 24.8 Å². The number of aromatic hydroxyl groups is 1. The fourth-order valence-electron chi connectivity index (χ4n) is 2.41. The summed E-state index contributed by atoms with van der Waals surface area (Å²) in [6.07, 6.45) is 9.56. The molecule has 0 bridgehead atoms. The number of nitrogens with two attached hydrogens (primary N) is 1. The second kappa shape index (κ2) is 19.1. The summed E-state index contributed by atoms with van der Waals surface area (Å²) in [6.45, 7) is 15.4. The molecule has 1 aromatic rings. The number of allylic oxidation sites excluding steroid dienone is 1. The molecule has 12 nitrogen and oxygen atoms in total. The Morgan fingerprint density at radius 1 is 1.10 bits per heavy atom. The van der Waals surface area contributed by atoms with Crippen molar-refractivity contribution in [3.63, 3.8) is 0 Å². The largest absolute Gasteiger partial charge is 0.501 e. The number of carbonyl (C=O) groups excluding carboxylic acids is 1. The van der Waals surface area contributed by atoms with Crippen molar-refractivity contribution in [3.05, 3.63) is 46.2 Å². The molecule has 222 valence electrons. The maximum atomic E-state index is 11.6. The summed E-state index contributed by atoms with van der Waals surface area (Å²) < 4.78 is 21.1. The van der Waals surface area contributed by atoms with Crippen LogP contribution >= 0.6 is 0 Å². The van der Waals surface area contributed by atoms with Crippen molar-refractivity contribution in [2.45, 2.75) is 65.1 Å². The van der Waals surface area contributed by atoms with Gasteiger partial charge in [-0.2, -0.15) is 0 Å². The second-order valence-corrected chi connectivity index (χ2v) is 14.7. The van der Waals surface area contributed by atoms with Gasteiger partial charge in [-0.15, -0.1) is 0 Å². The summed E-state index contributed by atoms with van der Waals surface area (Å²) in [5.74, 6) is -1.18. The summed E-state index contributed by atoms with van der Waals surface area (Å²) in [5, 5.41) is 20.7. The van der Waals surface area contributed by atoms with E-state index in [-0.39, 0.29) is 23.1 Å². The summed E-state index contributed by atoms with van der Waals surface area (Å²) in [5.41, 5.74) is 4.02. The van der Waals surface area contributed by atoms with E-state index in [0.717, 1.165) is 13.5 Å². The van der Waals surface area contributed by atoms with Crippen LogP contribution in [-0.2, 0) is 25.1 Å². The van der Waals surface area contributed by atoms with Crippen LogP contribution < -0.4 is 11.3 Å². The number of aromatic amines is 1. The minimum Gasteiger partial charge on any atom is -0.501 e. The highest BCUT2D eigenvalue weighted by molar-refractivity contribution is 6.74. The highest BCUT2D eigenvalue weighted by Crippen LogP contribution is 2.36. The molecule has 0 aliphatic heterocycles. The predicted molar refractivity (Wildman–Crippen MR) is 153 cm³/mol. The maximum Gasteiger partial charge on any atom is 0.360 e. The summed E-state index contributed by atoms with van der Waals surface area (Å²) in [6, 6.07) is 0. The van der Waals surface area contributed by atoms with Crippen molar-refractivity contribution >= 4 is 20.1 Å². The third kappa shape index (κ3) is 15.2. The number of esters is 1. The molecule has 0 atom stereocenters. The Balaban J connectivity index is 0.00000101. The van der Waals surface area contributed by atoms with Crippen molar-refractivity contribution < 1.29 is 33.7 Å². The molecule has 13 heteroatoms. The third-order valence-corrected chi connectivity index (χ3v) is 10.3. The Kier molecular flexibility index (Phi) is 17.6. The number of nitrogens with one attached hydrogen (secondary N) is 1. The zero-order valence-corrected chi connectivity index (χ0v) is 25.3. The minimum absolute atomic E-state index is 0.175. The van der Waals surface area contributed by atoms with Crippen molar-refractivity contribution in [1.82, 2.24) is 9.97 Å². The van der Waals surface area contributed by atoms with Gasteiger partial charge in [0.2, 0.25) is 5.75 Å². The van der Waals surface area contributed by atoms with Gasteiger partial charge in [0.1, 0.15) is 11.7 Å². The Labute approximate surface area is 232 Å². The average Bonchev–Trinajstić information content (AvgIpc) is 2.88. The van der Waals surface area contributed by atoms with Gasteiger partial charge in [0.15, 0.2) is 14.0 Å². The number of ether oxygens (including phenoxy) is 3. The van der Waals surface area contributed by atoms with Crippen LogP contribution in [0.25, 0.3) is 0 Å². The first-order valence-electron chi connectivity index (χ1n) is 12.8. The molecule has 0 aromatic carbocycles. The van der Waals surface area contributed by atoms with Crippen LogP contribution in [0.2, 0.25) is 18.1 Å². The number of H-pyrrole nitrogens is 1. The van der Waals surface area contributed by atoms with Gasteiger partial charge in [-0.1, -0.05) is 57.2 Å². The van der Waals surface area contributed by atoms with E-state index in [2.05, 4.69) is 60.6 Å². The van der Waals surface area contributed by atoms with Gasteiger partial charge in [-0.05, 0) is 24.6 Å².